The van der Waals surface area contributed by atoms with Crippen molar-refractivity contribution in [2.24, 2.45) is 0 Å². The third-order valence-electron chi connectivity index (χ3n) is 5.62. The Morgan fingerprint density at radius 2 is 2.18 bits per heavy atom. The molecule has 0 spiro atoms. The van der Waals surface area contributed by atoms with Crippen LogP contribution >= 0.6 is 0 Å². The predicted molar refractivity (Wildman–Crippen MR) is 121 cm³/mol. The van der Waals surface area contributed by atoms with Crippen molar-refractivity contribution < 1.29 is 14.3 Å². The fraction of sp³-hybridized carbons (Fsp3) is 0.273. The van der Waals surface area contributed by atoms with Gasteiger partial charge in [-0.05, 0) is 18.2 Å². The van der Waals surface area contributed by atoms with Crippen LogP contribution in [0.3, 0.4) is 0 Å². The van der Waals surface area contributed by atoms with E-state index in [1.165, 1.54) is 18.6 Å². The summed E-state index contributed by atoms with van der Waals surface area (Å²) in [5.41, 5.74) is 2.05. The number of fused-ring (bicyclic) bond motifs is 1. The van der Waals surface area contributed by atoms with Gasteiger partial charge in [0.15, 0.2) is 22.8 Å². The molecular weight excluding hydrogens is 441 g/mol. The van der Waals surface area contributed by atoms with Crippen LogP contribution in [0, 0.1) is 5.82 Å². The second kappa shape index (κ2) is 9.08. The van der Waals surface area contributed by atoms with Gasteiger partial charge in [-0.2, -0.15) is 0 Å². The predicted octanol–water partition coefficient (Wildman–Crippen LogP) is 1.00. The molecule has 4 N–H and O–H groups in total. The molecule has 5 heterocycles. The number of nitrogens with one attached hydrogen (secondary N) is 3. The summed E-state index contributed by atoms with van der Waals surface area (Å²) < 4.78 is 15.5. The molecule has 0 aromatic carbocycles. The molecule has 1 aliphatic rings. The molecule has 1 fully saturated rings. The number of pyridine rings is 2. The monoisotopic (exact) mass is 463 g/mol. The van der Waals surface area contributed by atoms with Gasteiger partial charge in [0.1, 0.15) is 12.0 Å². The van der Waals surface area contributed by atoms with Gasteiger partial charge < -0.3 is 15.7 Å². The van der Waals surface area contributed by atoms with E-state index in [1.54, 1.807) is 17.8 Å². The Hall–Kier alpha value is -4.03. The largest absolute Gasteiger partial charge is 0.389 e. The maximum absolute atomic E-state index is 13.9. The molecule has 4 aromatic rings. The fourth-order valence-electron chi connectivity index (χ4n) is 3.96. The average Bonchev–Trinajstić information content (AvgIpc) is 3.45. The molecule has 1 saturated heterocycles. The summed E-state index contributed by atoms with van der Waals surface area (Å²) in [7, 11) is 1.54. The van der Waals surface area contributed by atoms with Gasteiger partial charge in [0.05, 0.1) is 36.9 Å². The Morgan fingerprint density at radius 1 is 1.29 bits per heavy atom. The van der Waals surface area contributed by atoms with E-state index in [0.717, 1.165) is 11.9 Å². The third kappa shape index (κ3) is 4.16. The van der Waals surface area contributed by atoms with E-state index >= 15 is 0 Å². The lowest BCUT2D eigenvalue weighted by Gasteiger charge is -2.18. The quantitative estimate of drug-likeness (QED) is 0.329. The Bertz CT molecular complexity index is 1330. The molecule has 11 nitrogen and oxygen atoms in total. The number of carbonyl (C=O) groups is 1. The molecule has 0 radical (unpaired) electrons. The van der Waals surface area contributed by atoms with Crippen molar-refractivity contribution in [3.8, 4) is 11.4 Å². The number of amides is 1. The zero-order chi connectivity index (χ0) is 23.7. The first kappa shape index (κ1) is 21.8. The highest BCUT2D eigenvalue weighted by atomic mass is 19.1. The molecule has 1 aliphatic heterocycles. The van der Waals surface area contributed by atoms with Crippen molar-refractivity contribution in [2.45, 2.75) is 31.3 Å². The van der Waals surface area contributed by atoms with Gasteiger partial charge in [-0.3, -0.25) is 24.6 Å². The number of halogens is 1. The molecule has 1 amide bonds. The summed E-state index contributed by atoms with van der Waals surface area (Å²) in [5, 5.41) is 19.6. The Morgan fingerprint density at radius 3 is 2.94 bits per heavy atom. The molecule has 5 rings (SSSR count). The first-order valence-corrected chi connectivity index (χ1v) is 10.7. The van der Waals surface area contributed by atoms with Crippen molar-refractivity contribution in [3.05, 3.63) is 60.7 Å². The van der Waals surface area contributed by atoms with E-state index in [0.29, 0.717) is 29.1 Å². The molecule has 174 valence electrons. The van der Waals surface area contributed by atoms with E-state index in [4.69, 9.17) is 0 Å². The lowest BCUT2D eigenvalue weighted by molar-refractivity contribution is -0.122. The van der Waals surface area contributed by atoms with Crippen molar-refractivity contribution in [2.75, 3.05) is 12.4 Å². The number of carbonyl (C=O) groups excluding carboxylic acids is 1. The van der Waals surface area contributed by atoms with Crippen LogP contribution in [0.5, 0.6) is 0 Å². The molecular formula is C22H22FN9O2. The van der Waals surface area contributed by atoms with Crippen molar-refractivity contribution >= 4 is 22.9 Å². The van der Waals surface area contributed by atoms with Gasteiger partial charge in [0.25, 0.3) is 0 Å². The van der Waals surface area contributed by atoms with Crippen LogP contribution in [0.1, 0.15) is 18.3 Å². The topological polar surface area (TPSA) is 143 Å². The average molecular weight is 463 g/mol. The molecule has 0 aliphatic carbocycles. The maximum Gasteiger partial charge on any atom is 0.237 e. The van der Waals surface area contributed by atoms with Crippen LogP contribution in [0.4, 0.5) is 10.2 Å². The number of aliphatic hydroxyl groups excluding tert-OH is 1. The minimum Gasteiger partial charge on any atom is -0.389 e. The van der Waals surface area contributed by atoms with Gasteiger partial charge in [0.2, 0.25) is 5.91 Å². The number of hydrogen-bond donors (Lipinski definition) is 4. The van der Waals surface area contributed by atoms with Crippen LogP contribution in [-0.2, 0) is 11.3 Å². The van der Waals surface area contributed by atoms with E-state index in [1.807, 2.05) is 18.2 Å². The first-order chi connectivity index (χ1) is 16.5. The minimum absolute atomic E-state index is 0.218. The zero-order valence-corrected chi connectivity index (χ0v) is 18.2. The van der Waals surface area contributed by atoms with Crippen LogP contribution in [0.2, 0.25) is 0 Å². The fourth-order valence-corrected chi connectivity index (χ4v) is 3.96. The second-order valence-electron chi connectivity index (χ2n) is 7.87. The summed E-state index contributed by atoms with van der Waals surface area (Å²) in [6.07, 6.45) is 4.55. The van der Waals surface area contributed by atoms with Crippen molar-refractivity contribution in [1.82, 2.24) is 40.1 Å². The number of aromatic nitrogens is 6. The number of likely N-dealkylation sites (N-methyl/N-ethyl adjacent to an activating group) is 1. The summed E-state index contributed by atoms with van der Waals surface area (Å²) in [6.45, 7) is 0.379. The van der Waals surface area contributed by atoms with Gasteiger partial charge in [0, 0.05) is 31.4 Å². The number of rotatable bonds is 6. The van der Waals surface area contributed by atoms with E-state index in [2.05, 4.69) is 40.9 Å². The third-order valence-corrected chi connectivity index (χ3v) is 5.62. The molecule has 0 saturated carbocycles. The highest BCUT2D eigenvalue weighted by Gasteiger charge is 2.38. The van der Waals surface area contributed by atoms with Gasteiger partial charge in [-0.1, -0.05) is 6.07 Å². The standard InChI is InChI=1S/C22H22FN9O2/c1-24-22(34)15-7-16(33)20(29-15)32-11-28-17-19(27-10-14-4-2-3-5-26-14)30-18(31-21(17)32)12-6-13(23)9-25-8-12/h2-6,8-9,11,15-16,20,29,33H,7,10H2,1H3,(H,24,34)(H,27,30,31)/t15-,16+,20-/m0/s1. The summed E-state index contributed by atoms with van der Waals surface area (Å²) >= 11 is 0. The summed E-state index contributed by atoms with van der Waals surface area (Å²) in [5.74, 6) is -0.0760. The van der Waals surface area contributed by atoms with E-state index in [9.17, 15) is 14.3 Å². The molecule has 0 bridgehead atoms. The molecule has 4 aromatic heterocycles. The Labute approximate surface area is 193 Å². The minimum atomic E-state index is -0.848. The lowest BCUT2D eigenvalue weighted by atomic mass is 10.2. The number of nitrogens with zero attached hydrogens (tertiary/aromatic N) is 6. The number of aliphatic hydroxyl groups is 1. The normalized spacial score (nSPS) is 19.9. The molecule has 34 heavy (non-hydrogen) atoms. The number of anilines is 1. The van der Waals surface area contributed by atoms with Crippen LogP contribution in [0.15, 0.2) is 49.2 Å². The van der Waals surface area contributed by atoms with Crippen LogP contribution in [0.25, 0.3) is 22.6 Å². The van der Waals surface area contributed by atoms with E-state index < -0.39 is 24.1 Å². The van der Waals surface area contributed by atoms with Crippen LogP contribution in [-0.4, -0.2) is 59.7 Å². The van der Waals surface area contributed by atoms with Crippen molar-refractivity contribution in [1.29, 1.82) is 0 Å². The lowest BCUT2D eigenvalue weighted by Crippen LogP contribution is -2.40. The van der Waals surface area contributed by atoms with Gasteiger partial charge >= 0.3 is 0 Å². The van der Waals surface area contributed by atoms with Crippen molar-refractivity contribution in [3.63, 3.8) is 0 Å². The first-order valence-electron chi connectivity index (χ1n) is 10.7. The highest BCUT2D eigenvalue weighted by Crippen LogP contribution is 2.29. The Kier molecular flexibility index (Phi) is 5.82. The van der Waals surface area contributed by atoms with Crippen LogP contribution < -0.4 is 16.0 Å². The van der Waals surface area contributed by atoms with Gasteiger partial charge in [-0.25, -0.2) is 19.3 Å². The Balaban J connectivity index is 1.57. The molecule has 3 atom stereocenters. The maximum atomic E-state index is 13.9. The number of imidazole rings is 1. The second-order valence-corrected chi connectivity index (χ2v) is 7.87. The molecule has 12 heteroatoms. The molecule has 0 unspecified atom stereocenters. The summed E-state index contributed by atoms with van der Waals surface area (Å²) in [4.78, 5) is 33.9. The SMILES string of the molecule is CNC(=O)[C@@H]1C[C@@H](O)[C@H](n2cnc3c(NCc4ccccn4)nc(-c4cncc(F)c4)nc32)N1. The number of hydrogen-bond acceptors (Lipinski definition) is 9. The highest BCUT2D eigenvalue weighted by molar-refractivity contribution is 5.85. The zero-order valence-electron chi connectivity index (χ0n) is 18.2. The van der Waals surface area contributed by atoms with Gasteiger partial charge in [-0.15, -0.1) is 0 Å². The van der Waals surface area contributed by atoms with E-state index in [-0.39, 0.29) is 18.2 Å². The summed E-state index contributed by atoms with van der Waals surface area (Å²) in [6, 6.07) is 6.32. The smallest absolute Gasteiger partial charge is 0.237 e.